The summed E-state index contributed by atoms with van der Waals surface area (Å²) in [5, 5.41) is 0.549. The van der Waals surface area contributed by atoms with E-state index in [0.717, 1.165) is 17.7 Å². The molecule has 0 saturated heterocycles. The average molecular weight is 506 g/mol. The molecule has 1 aromatic heterocycles. The van der Waals surface area contributed by atoms with Crippen LogP contribution in [0.2, 0.25) is 0 Å². The molecule has 0 aliphatic rings. The number of benzene rings is 2. The lowest BCUT2D eigenvalue weighted by atomic mass is 10.3. The van der Waals surface area contributed by atoms with E-state index in [0.29, 0.717) is 28.7 Å². The molecule has 1 amide bonds. The van der Waals surface area contributed by atoms with Crippen LogP contribution in [0.15, 0.2) is 47.4 Å². The number of ether oxygens (including phenoxy) is 2. The number of thiazole rings is 1. The lowest BCUT2D eigenvalue weighted by Crippen LogP contribution is -2.33. The van der Waals surface area contributed by atoms with Crippen LogP contribution in [0.5, 0.6) is 11.5 Å². The second-order valence-electron chi connectivity index (χ2n) is 8.08. The van der Waals surface area contributed by atoms with E-state index in [1.165, 1.54) is 11.3 Å². The summed E-state index contributed by atoms with van der Waals surface area (Å²) >= 11 is 1.37. The van der Waals surface area contributed by atoms with Crippen molar-refractivity contribution in [2.75, 3.05) is 52.1 Å². The predicted octanol–water partition coefficient (Wildman–Crippen LogP) is 3.85. The van der Waals surface area contributed by atoms with Crippen molar-refractivity contribution in [3.05, 3.63) is 42.5 Å². The zero-order valence-electron chi connectivity index (χ0n) is 20.0. The Balaban J connectivity index is 1.81. The average Bonchev–Trinajstić information content (AvgIpc) is 3.26. The summed E-state index contributed by atoms with van der Waals surface area (Å²) in [6.45, 7) is 1.29. The van der Waals surface area contributed by atoms with Crippen molar-refractivity contribution in [1.82, 2.24) is 9.88 Å². The van der Waals surface area contributed by atoms with Gasteiger partial charge >= 0.3 is 0 Å². The summed E-state index contributed by atoms with van der Waals surface area (Å²) < 4.78 is 36.9. The number of carbonyl (C=O) groups excluding carboxylic acids is 1. The zero-order valence-corrected chi connectivity index (χ0v) is 21.6. The van der Waals surface area contributed by atoms with Crippen LogP contribution in [0.1, 0.15) is 19.3 Å². The fraction of sp³-hybridized carbons (Fsp3) is 0.417. The van der Waals surface area contributed by atoms with Gasteiger partial charge in [-0.2, -0.15) is 0 Å². The number of rotatable bonds is 12. The number of anilines is 1. The van der Waals surface area contributed by atoms with Crippen molar-refractivity contribution in [1.29, 1.82) is 0 Å². The Morgan fingerprint density at radius 2 is 1.65 bits per heavy atom. The lowest BCUT2D eigenvalue weighted by Gasteiger charge is -2.21. The van der Waals surface area contributed by atoms with E-state index in [4.69, 9.17) is 14.5 Å². The Labute approximate surface area is 205 Å². The molecule has 0 fully saturated rings. The van der Waals surface area contributed by atoms with E-state index in [1.54, 1.807) is 55.5 Å². The highest BCUT2D eigenvalue weighted by Crippen LogP contribution is 2.40. The quantitative estimate of drug-likeness (QED) is 0.369. The van der Waals surface area contributed by atoms with E-state index < -0.39 is 9.84 Å². The van der Waals surface area contributed by atoms with Crippen LogP contribution in [0.3, 0.4) is 0 Å². The molecule has 3 aromatic rings. The van der Waals surface area contributed by atoms with Crippen molar-refractivity contribution < 1.29 is 22.7 Å². The normalized spacial score (nSPS) is 11.7. The molecule has 10 heteroatoms. The lowest BCUT2D eigenvalue weighted by molar-refractivity contribution is -0.118. The van der Waals surface area contributed by atoms with Gasteiger partial charge in [-0.05, 0) is 57.7 Å². The van der Waals surface area contributed by atoms with E-state index in [9.17, 15) is 13.2 Å². The SMILES string of the molecule is COc1ccc(OC)c2sc(N(CCCN(C)C)C(=O)CCCS(=O)(=O)c3ccccc3)nc12. The van der Waals surface area contributed by atoms with Crippen LogP contribution in [0.4, 0.5) is 5.13 Å². The Bertz CT molecular complexity index is 1170. The monoisotopic (exact) mass is 505 g/mol. The molecule has 0 N–H and O–H groups in total. The van der Waals surface area contributed by atoms with Crippen LogP contribution >= 0.6 is 11.3 Å². The van der Waals surface area contributed by atoms with Gasteiger partial charge in [-0.1, -0.05) is 29.5 Å². The number of carbonyl (C=O) groups is 1. The number of fused-ring (bicyclic) bond motifs is 1. The van der Waals surface area contributed by atoms with Gasteiger partial charge in [0, 0.05) is 13.0 Å². The summed E-state index contributed by atoms with van der Waals surface area (Å²) in [7, 11) is 3.69. The van der Waals surface area contributed by atoms with Gasteiger partial charge in [0.15, 0.2) is 15.0 Å². The van der Waals surface area contributed by atoms with E-state index in [-0.39, 0.29) is 29.4 Å². The number of sulfone groups is 1. The molecule has 0 aliphatic heterocycles. The summed E-state index contributed by atoms with van der Waals surface area (Å²) in [6.07, 6.45) is 1.10. The molecular formula is C24H31N3O5S2. The molecule has 0 aliphatic carbocycles. The van der Waals surface area contributed by atoms with Gasteiger partial charge in [0.25, 0.3) is 0 Å². The number of methoxy groups -OCH3 is 2. The first-order valence-electron chi connectivity index (χ1n) is 11.0. The van der Waals surface area contributed by atoms with Crippen LogP contribution in [-0.2, 0) is 14.6 Å². The molecule has 2 aromatic carbocycles. The van der Waals surface area contributed by atoms with Crippen molar-refractivity contribution in [3.63, 3.8) is 0 Å². The second kappa shape index (κ2) is 11.6. The molecule has 1 heterocycles. The predicted molar refractivity (Wildman–Crippen MR) is 136 cm³/mol. The number of amides is 1. The first kappa shape index (κ1) is 25.9. The number of hydrogen-bond donors (Lipinski definition) is 0. The van der Waals surface area contributed by atoms with Gasteiger partial charge in [-0.15, -0.1) is 0 Å². The Morgan fingerprint density at radius 3 is 2.29 bits per heavy atom. The third-order valence-electron chi connectivity index (χ3n) is 5.32. The topological polar surface area (TPSA) is 89.0 Å². The minimum Gasteiger partial charge on any atom is -0.495 e. The van der Waals surface area contributed by atoms with Gasteiger partial charge in [0.2, 0.25) is 5.91 Å². The molecule has 34 heavy (non-hydrogen) atoms. The van der Waals surface area contributed by atoms with Crippen molar-refractivity contribution in [3.8, 4) is 11.5 Å². The number of nitrogens with zero attached hydrogens (tertiary/aromatic N) is 3. The van der Waals surface area contributed by atoms with Crippen molar-refractivity contribution >= 4 is 42.4 Å². The first-order chi connectivity index (χ1) is 16.3. The highest BCUT2D eigenvalue weighted by atomic mass is 32.2. The molecule has 8 nitrogen and oxygen atoms in total. The van der Waals surface area contributed by atoms with Gasteiger partial charge in [0.05, 0.1) is 24.9 Å². The van der Waals surface area contributed by atoms with Crippen molar-refractivity contribution in [2.24, 2.45) is 0 Å². The summed E-state index contributed by atoms with van der Waals surface area (Å²) in [4.78, 5) is 21.9. The summed E-state index contributed by atoms with van der Waals surface area (Å²) in [6, 6.07) is 11.9. The maximum absolute atomic E-state index is 13.2. The number of hydrogen-bond acceptors (Lipinski definition) is 8. The summed E-state index contributed by atoms with van der Waals surface area (Å²) in [5.41, 5.74) is 0.638. The van der Waals surface area contributed by atoms with Gasteiger partial charge in [-0.3, -0.25) is 9.69 Å². The van der Waals surface area contributed by atoms with E-state index >= 15 is 0 Å². The highest BCUT2D eigenvalue weighted by molar-refractivity contribution is 7.91. The molecule has 0 bridgehead atoms. The van der Waals surface area contributed by atoms with Crippen LogP contribution < -0.4 is 14.4 Å². The van der Waals surface area contributed by atoms with Crippen LogP contribution in [-0.4, -0.2) is 71.4 Å². The Morgan fingerprint density at radius 1 is 0.971 bits per heavy atom. The molecule has 0 spiro atoms. The largest absolute Gasteiger partial charge is 0.495 e. The fourth-order valence-electron chi connectivity index (χ4n) is 3.56. The zero-order chi connectivity index (χ0) is 24.7. The molecule has 184 valence electrons. The van der Waals surface area contributed by atoms with Crippen molar-refractivity contribution in [2.45, 2.75) is 24.2 Å². The standard InChI is InChI=1S/C24H31N3O5S2/c1-26(2)15-9-16-27(21(28)12-8-17-34(29,30)18-10-6-5-7-11-18)24-25-22-19(31-3)13-14-20(32-4)23(22)33-24/h5-7,10-11,13-14H,8-9,12,15-17H2,1-4H3. The van der Waals surface area contributed by atoms with Gasteiger partial charge < -0.3 is 14.4 Å². The van der Waals surface area contributed by atoms with E-state index in [1.807, 2.05) is 20.2 Å². The molecule has 0 atom stereocenters. The fourth-order valence-corrected chi connectivity index (χ4v) is 6.01. The summed E-state index contributed by atoms with van der Waals surface area (Å²) in [5.74, 6) is 1.02. The smallest absolute Gasteiger partial charge is 0.228 e. The molecule has 0 saturated carbocycles. The minimum atomic E-state index is -3.44. The van der Waals surface area contributed by atoms with Gasteiger partial charge in [0.1, 0.15) is 21.7 Å². The second-order valence-corrected chi connectivity index (χ2v) is 11.2. The van der Waals surface area contributed by atoms with Crippen LogP contribution in [0, 0.1) is 0 Å². The third-order valence-corrected chi connectivity index (χ3v) is 8.23. The van der Waals surface area contributed by atoms with E-state index in [2.05, 4.69) is 4.90 Å². The highest BCUT2D eigenvalue weighted by Gasteiger charge is 2.23. The number of aromatic nitrogens is 1. The molecule has 0 radical (unpaired) electrons. The first-order valence-corrected chi connectivity index (χ1v) is 13.5. The minimum absolute atomic E-state index is 0.0875. The molecule has 0 unspecified atom stereocenters. The maximum atomic E-state index is 13.2. The molecule has 3 rings (SSSR count). The Kier molecular flexibility index (Phi) is 8.87. The van der Waals surface area contributed by atoms with Gasteiger partial charge in [-0.25, -0.2) is 13.4 Å². The van der Waals surface area contributed by atoms with Crippen LogP contribution in [0.25, 0.3) is 10.2 Å². The molecular weight excluding hydrogens is 474 g/mol. The Hall–Kier alpha value is -2.69. The maximum Gasteiger partial charge on any atom is 0.228 e. The third kappa shape index (κ3) is 6.25.